The van der Waals surface area contributed by atoms with E-state index in [1.165, 1.54) is 6.20 Å². The van der Waals surface area contributed by atoms with Crippen molar-refractivity contribution in [2.75, 3.05) is 5.32 Å². The Hall–Kier alpha value is -1.13. The number of anilines is 1. The van der Waals surface area contributed by atoms with Crippen molar-refractivity contribution in [2.45, 2.75) is 37.8 Å². The van der Waals surface area contributed by atoms with Crippen LogP contribution in [0.1, 0.15) is 36.5 Å². The largest absolute Gasteiger partial charge is 0.388 e. The van der Waals surface area contributed by atoms with Crippen molar-refractivity contribution >= 4 is 23.6 Å². The van der Waals surface area contributed by atoms with Crippen LogP contribution >= 0.6 is 11.6 Å². The van der Waals surface area contributed by atoms with E-state index in [2.05, 4.69) is 10.3 Å². The van der Waals surface area contributed by atoms with Crippen LogP contribution in [0.4, 0.5) is 5.69 Å². The number of aromatic nitrogens is 1. The van der Waals surface area contributed by atoms with Crippen LogP contribution < -0.4 is 5.32 Å². The van der Waals surface area contributed by atoms with Gasteiger partial charge < -0.3 is 10.4 Å². The number of hydrogen-bond donors (Lipinski definition) is 2. The summed E-state index contributed by atoms with van der Waals surface area (Å²) in [5.74, 6) is 0. The van der Waals surface area contributed by atoms with Gasteiger partial charge in [0.05, 0.1) is 17.2 Å². The van der Waals surface area contributed by atoms with E-state index in [4.69, 9.17) is 11.6 Å². The molecular formula is C12H15ClN2O2. The zero-order valence-electron chi connectivity index (χ0n) is 9.61. The first-order valence-electron chi connectivity index (χ1n) is 5.62. The molecule has 1 fully saturated rings. The Kier molecular flexibility index (Phi) is 3.35. The lowest BCUT2D eigenvalue weighted by atomic mass is 10.00. The van der Waals surface area contributed by atoms with E-state index >= 15 is 0 Å². The van der Waals surface area contributed by atoms with Gasteiger partial charge in [0.2, 0.25) is 0 Å². The molecule has 1 aromatic heterocycles. The highest BCUT2D eigenvalue weighted by Crippen LogP contribution is 2.32. The van der Waals surface area contributed by atoms with Crippen molar-refractivity contribution in [3.63, 3.8) is 0 Å². The highest BCUT2D eigenvalue weighted by molar-refractivity contribution is 6.29. The number of aldehydes is 1. The second kappa shape index (κ2) is 4.63. The van der Waals surface area contributed by atoms with Crippen LogP contribution in [-0.2, 0) is 0 Å². The number of aliphatic hydroxyl groups is 1. The molecule has 1 saturated carbocycles. The van der Waals surface area contributed by atoms with Gasteiger partial charge in [-0.05, 0) is 32.3 Å². The van der Waals surface area contributed by atoms with E-state index in [1.54, 1.807) is 13.0 Å². The monoisotopic (exact) mass is 254 g/mol. The molecule has 0 spiro atoms. The number of rotatable bonds is 3. The number of pyridine rings is 1. The molecule has 0 saturated heterocycles. The lowest BCUT2D eigenvalue weighted by Gasteiger charge is -2.27. The van der Waals surface area contributed by atoms with Crippen molar-refractivity contribution < 1.29 is 9.90 Å². The summed E-state index contributed by atoms with van der Waals surface area (Å²) in [5.41, 5.74) is 0.347. The van der Waals surface area contributed by atoms with Gasteiger partial charge in [0.25, 0.3) is 0 Å². The number of nitrogens with one attached hydrogen (secondary N) is 1. The molecular weight excluding hydrogens is 240 g/mol. The molecule has 92 valence electrons. The maximum Gasteiger partial charge on any atom is 0.153 e. The molecule has 1 aliphatic rings. The van der Waals surface area contributed by atoms with Crippen LogP contribution in [0, 0.1) is 0 Å². The quantitative estimate of drug-likeness (QED) is 0.642. The van der Waals surface area contributed by atoms with Crippen molar-refractivity contribution in [3.05, 3.63) is 23.0 Å². The standard InChI is InChI=1S/C12H15ClN2O2/c1-12(17)4-2-3-10(12)15-9-5-11(13)14-6-8(9)7-16/h5-7,10,17H,2-4H2,1H3,(H,14,15)/t10-,12-/m1/s1. The molecule has 0 aromatic carbocycles. The molecule has 2 N–H and O–H groups in total. The SMILES string of the molecule is C[C@@]1(O)CCC[C@H]1Nc1cc(Cl)ncc1C=O. The number of nitrogens with zero attached hydrogens (tertiary/aromatic N) is 1. The predicted molar refractivity (Wildman–Crippen MR) is 66.5 cm³/mol. The number of halogens is 1. The Morgan fingerprint density at radius 1 is 1.71 bits per heavy atom. The Morgan fingerprint density at radius 2 is 2.47 bits per heavy atom. The zero-order chi connectivity index (χ0) is 12.5. The number of carbonyl (C=O) groups excluding carboxylic acids is 1. The van der Waals surface area contributed by atoms with Gasteiger partial charge in [0.1, 0.15) is 5.15 Å². The van der Waals surface area contributed by atoms with Gasteiger partial charge in [-0.25, -0.2) is 4.98 Å². The van der Waals surface area contributed by atoms with E-state index in [1.807, 2.05) is 0 Å². The summed E-state index contributed by atoms with van der Waals surface area (Å²) in [6.07, 6.45) is 4.78. The summed E-state index contributed by atoms with van der Waals surface area (Å²) >= 11 is 5.80. The first-order chi connectivity index (χ1) is 8.03. The summed E-state index contributed by atoms with van der Waals surface area (Å²) in [7, 11) is 0. The Labute approximate surface area is 105 Å². The average molecular weight is 255 g/mol. The third-order valence-corrected chi connectivity index (χ3v) is 3.49. The molecule has 5 heteroatoms. The Bertz CT molecular complexity index is 435. The molecule has 0 bridgehead atoms. The molecule has 4 nitrogen and oxygen atoms in total. The fraction of sp³-hybridized carbons (Fsp3) is 0.500. The maximum absolute atomic E-state index is 10.9. The van der Waals surface area contributed by atoms with Crippen LogP contribution in [0.2, 0.25) is 5.15 Å². The van der Waals surface area contributed by atoms with E-state index in [0.29, 0.717) is 16.4 Å². The van der Waals surface area contributed by atoms with Crippen LogP contribution in [0.5, 0.6) is 0 Å². The van der Waals surface area contributed by atoms with E-state index in [9.17, 15) is 9.90 Å². The number of hydrogen-bond acceptors (Lipinski definition) is 4. The molecule has 0 amide bonds. The first kappa shape index (κ1) is 12.3. The van der Waals surface area contributed by atoms with Gasteiger partial charge in [0, 0.05) is 11.9 Å². The lowest BCUT2D eigenvalue weighted by molar-refractivity contribution is 0.0578. The first-order valence-corrected chi connectivity index (χ1v) is 6.00. The zero-order valence-corrected chi connectivity index (χ0v) is 10.4. The van der Waals surface area contributed by atoms with Gasteiger partial charge in [0.15, 0.2) is 6.29 Å². The molecule has 2 rings (SSSR count). The van der Waals surface area contributed by atoms with Gasteiger partial charge in [-0.1, -0.05) is 11.6 Å². The normalized spacial score (nSPS) is 28.1. The molecule has 1 heterocycles. The highest BCUT2D eigenvalue weighted by Gasteiger charge is 2.36. The van der Waals surface area contributed by atoms with Crippen LogP contribution in [0.3, 0.4) is 0 Å². The summed E-state index contributed by atoms with van der Waals surface area (Å²) in [4.78, 5) is 14.7. The third kappa shape index (κ3) is 2.58. The summed E-state index contributed by atoms with van der Waals surface area (Å²) in [6, 6.07) is 1.55. The number of carbonyl (C=O) groups is 1. The van der Waals surface area contributed by atoms with Crippen molar-refractivity contribution in [3.8, 4) is 0 Å². The molecule has 1 aliphatic carbocycles. The molecule has 1 aromatic rings. The topological polar surface area (TPSA) is 62.2 Å². The molecule has 17 heavy (non-hydrogen) atoms. The van der Waals surface area contributed by atoms with Gasteiger partial charge in [-0.15, -0.1) is 0 Å². The fourth-order valence-electron chi connectivity index (χ4n) is 2.22. The van der Waals surface area contributed by atoms with E-state index in [-0.39, 0.29) is 6.04 Å². The van der Waals surface area contributed by atoms with Crippen LogP contribution in [0.15, 0.2) is 12.3 Å². The van der Waals surface area contributed by atoms with Gasteiger partial charge >= 0.3 is 0 Å². The molecule has 0 aliphatic heterocycles. The van der Waals surface area contributed by atoms with Crippen LogP contribution in [0.25, 0.3) is 0 Å². The van der Waals surface area contributed by atoms with Crippen molar-refractivity contribution in [1.82, 2.24) is 4.98 Å². The molecule has 0 radical (unpaired) electrons. The minimum atomic E-state index is -0.740. The second-order valence-electron chi connectivity index (χ2n) is 4.66. The van der Waals surface area contributed by atoms with E-state index in [0.717, 1.165) is 25.5 Å². The summed E-state index contributed by atoms with van der Waals surface area (Å²) < 4.78 is 0. The predicted octanol–water partition coefficient (Wildman–Crippen LogP) is 2.26. The Balaban J connectivity index is 2.23. The van der Waals surface area contributed by atoms with Gasteiger partial charge in [-0.2, -0.15) is 0 Å². The molecule has 2 atom stereocenters. The van der Waals surface area contributed by atoms with Crippen LogP contribution in [-0.4, -0.2) is 28.0 Å². The molecule has 0 unspecified atom stereocenters. The van der Waals surface area contributed by atoms with Gasteiger partial charge in [-0.3, -0.25) is 4.79 Å². The smallest absolute Gasteiger partial charge is 0.153 e. The van der Waals surface area contributed by atoms with Crippen molar-refractivity contribution in [1.29, 1.82) is 0 Å². The lowest BCUT2D eigenvalue weighted by Crippen LogP contribution is -2.39. The van der Waals surface area contributed by atoms with Crippen molar-refractivity contribution in [2.24, 2.45) is 0 Å². The summed E-state index contributed by atoms with van der Waals surface area (Å²) in [6.45, 7) is 1.81. The Morgan fingerprint density at radius 3 is 3.06 bits per heavy atom. The fourth-order valence-corrected chi connectivity index (χ4v) is 2.38. The third-order valence-electron chi connectivity index (χ3n) is 3.28. The highest BCUT2D eigenvalue weighted by atomic mass is 35.5. The minimum absolute atomic E-state index is 0.0559. The summed E-state index contributed by atoms with van der Waals surface area (Å²) in [5, 5.41) is 13.7. The second-order valence-corrected chi connectivity index (χ2v) is 5.05. The average Bonchev–Trinajstić information content (AvgIpc) is 2.59. The minimum Gasteiger partial charge on any atom is -0.388 e. The van der Waals surface area contributed by atoms with E-state index < -0.39 is 5.60 Å². The maximum atomic E-state index is 10.9.